The summed E-state index contributed by atoms with van der Waals surface area (Å²) in [6.07, 6.45) is 0. The minimum Gasteiger partial charge on any atom is -0.482 e. The van der Waals surface area contributed by atoms with Crippen LogP contribution in [0.15, 0.2) is 59.1 Å². The molecule has 2 aromatic rings. The monoisotopic (exact) mass is 431 g/mol. The number of sulfonamides is 1. The maximum atomic E-state index is 13.0. The van der Waals surface area contributed by atoms with Gasteiger partial charge in [-0.05, 0) is 38.1 Å². The Bertz CT molecular complexity index is 1100. The van der Waals surface area contributed by atoms with Crippen LogP contribution in [0, 0.1) is 6.92 Å². The molecule has 0 fully saturated rings. The zero-order valence-corrected chi connectivity index (χ0v) is 17.6. The minimum absolute atomic E-state index is 0.0536. The van der Waals surface area contributed by atoms with E-state index in [1.807, 2.05) is 19.1 Å². The summed E-state index contributed by atoms with van der Waals surface area (Å²) in [5, 5.41) is 0. The normalized spacial score (nSPS) is 14.7. The summed E-state index contributed by atoms with van der Waals surface area (Å²) in [6, 6.07) is 13.1. The number of hydrogen-bond donors (Lipinski definition) is 0. The molecule has 0 N–H and O–H groups in total. The zero-order chi connectivity index (χ0) is 21.9. The second-order valence-electron chi connectivity index (χ2n) is 6.41. The summed E-state index contributed by atoms with van der Waals surface area (Å²) in [4.78, 5) is 24.8. The van der Waals surface area contributed by atoms with E-state index in [1.165, 1.54) is 12.1 Å². The number of esters is 2. The van der Waals surface area contributed by atoms with Crippen molar-refractivity contribution < 1.29 is 32.2 Å². The highest BCUT2D eigenvalue weighted by atomic mass is 32.2. The molecule has 30 heavy (non-hydrogen) atoms. The molecule has 9 heteroatoms. The van der Waals surface area contributed by atoms with Crippen LogP contribution in [0.3, 0.4) is 0 Å². The number of carbonyl (C=O) groups is 2. The Morgan fingerprint density at radius 1 is 1.03 bits per heavy atom. The molecule has 0 bridgehead atoms. The standard InChI is InChI=1S/C21H21NO7S/c1-4-22-19(21(24)27-3)20(16-7-5-6-8-17(16)30(22,25)26)29-18(23)13-28-15-11-9-14(2)10-12-15/h5-12H,4,13H2,1-3H3. The van der Waals surface area contributed by atoms with Gasteiger partial charge in [-0.3, -0.25) is 4.31 Å². The molecule has 8 nitrogen and oxygen atoms in total. The number of ether oxygens (including phenoxy) is 3. The van der Waals surface area contributed by atoms with E-state index >= 15 is 0 Å². The number of fused-ring (bicyclic) bond motifs is 1. The first-order valence-corrected chi connectivity index (χ1v) is 10.6. The van der Waals surface area contributed by atoms with E-state index in [0.717, 1.165) is 17.0 Å². The summed E-state index contributed by atoms with van der Waals surface area (Å²) >= 11 is 0. The molecule has 0 aliphatic carbocycles. The fraction of sp³-hybridized carbons (Fsp3) is 0.238. The summed E-state index contributed by atoms with van der Waals surface area (Å²) in [7, 11) is -2.89. The van der Waals surface area contributed by atoms with Crippen LogP contribution in [0.1, 0.15) is 18.1 Å². The lowest BCUT2D eigenvalue weighted by atomic mass is 10.1. The molecule has 1 aliphatic rings. The average Bonchev–Trinajstić information content (AvgIpc) is 2.74. The summed E-state index contributed by atoms with van der Waals surface area (Å²) in [5.41, 5.74) is 0.783. The van der Waals surface area contributed by atoms with Crippen molar-refractivity contribution in [3.05, 3.63) is 65.4 Å². The average molecular weight is 431 g/mol. The molecule has 0 spiro atoms. The van der Waals surface area contributed by atoms with Gasteiger partial charge in [-0.1, -0.05) is 29.8 Å². The van der Waals surface area contributed by atoms with Crippen LogP contribution in [0.5, 0.6) is 5.75 Å². The molecule has 2 aromatic carbocycles. The SMILES string of the molecule is CCN1C(C(=O)OC)=C(OC(=O)COc2ccc(C)cc2)c2ccccc2S1(=O)=O. The molecule has 0 saturated carbocycles. The van der Waals surface area contributed by atoms with Gasteiger partial charge in [0.25, 0.3) is 10.0 Å². The van der Waals surface area contributed by atoms with Crippen molar-refractivity contribution in [1.29, 1.82) is 0 Å². The zero-order valence-electron chi connectivity index (χ0n) is 16.7. The summed E-state index contributed by atoms with van der Waals surface area (Å²) in [6.45, 7) is 3.01. The van der Waals surface area contributed by atoms with Crippen LogP contribution >= 0.6 is 0 Å². The first-order chi connectivity index (χ1) is 14.3. The Balaban J connectivity index is 1.97. The third-order valence-electron chi connectivity index (χ3n) is 4.42. The molecule has 0 amide bonds. The van der Waals surface area contributed by atoms with Gasteiger partial charge >= 0.3 is 11.9 Å². The largest absolute Gasteiger partial charge is 0.482 e. The van der Waals surface area contributed by atoms with Crippen molar-refractivity contribution in [1.82, 2.24) is 4.31 Å². The van der Waals surface area contributed by atoms with Crippen molar-refractivity contribution in [3.63, 3.8) is 0 Å². The number of methoxy groups -OCH3 is 1. The van der Waals surface area contributed by atoms with E-state index < -0.39 is 28.6 Å². The van der Waals surface area contributed by atoms with Crippen LogP contribution in [0.4, 0.5) is 0 Å². The van der Waals surface area contributed by atoms with Crippen molar-refractivity contribution in [3.8, 4) is 5.75 Å². The molecule has 158 valence electrons. The van der Waals surface area contributed by atoms with Crippen LogP contribution in [-0.2, 0) is 29.1 Å². The molecule has 3 rings (SSSR count). The number of hydrogen-bond acceptors (Lipinski definition) is 7. The van der Waals surface area contributed by atoms with Gasteiger partial charge in [0.1, 0.15) is 5.75 Å². The van der Waals surface area contributed by atoms with Gasteiger partial charge in [0.15, 0.2) is 18.1 Å². The second kappa shape index (κ2) is 8.58. The highest BCUT2D eigenvalue weighted by Crippen LogP contribution is 2.37. The summed E-state index contributed by atoms with van der Waals surface area (Å²) < 4.78 is 42.4. The second-order valence-corrected chi connectivity index (χ2v) is 8.24. The van der Waals surface area contributed by atoms with E-state index in [-0.39, 0.29) is 28.5 Å². The van der Waals surface area contributed by atoms with Gasteiger partial charge in [-0.2, -0.15) is 0 Å². The number of aryl methyl sites for hydroxylation is 1. The molecule has 1 heterocycles. The van der Waals surface area contributed by atoms with Crippen molar-refractivity contribution >= 4 is 27.7 Å². The first-order valence-electron chi connectivity index (χ1n) is 9.14. The smallest absolute Gasteiger partial charge is 0.359 e. The van der Waals surface area contributed by atoms with E-state index in [0.29, 0.717) is 5.75 Å². The molecular formula is C21H21NO7S. The Kier molecular flexibility index (Phi) is 6.12. The number of nitrogens with zero attached hydrogens (tertiary/aromatic N) is 1. The van der Waals surface area contributed by atoms with Crippen LogP contribution in [0.2, 0.25) is 0 Å². The van der Waals surface area contributed by atoms with E-state index in [4.69, 9.17) is 14.2 Å². The Labute approximate surface area is 174 Å². The van der Waals surface area contributed by atoms with Crippen molar-refractivity contribution in [2.24, 2.45) is 0 Å². The third kappa shape index (κ3) is 4.02. The first kappa shape index (κ1) is 21.4. The van der Waals surface area contributed by atoms with E-state index in [2.05, 4.69) is 0 Å². The third-order valence-corrected chi connectivity index (χ3v) is 6.36. The fourth-order valence-electron chi connectivity index (χ4n) is 3.00. The van der Waals surface area contributed by atoms with E-state index in [1.54, 1.807) is 31.2 Å². The minimum atomic E-state index is -4.01. The molecular weight excluding hydrogens is 410 g/mol. The highest BCUT2D eigenvalue weighted by Gasteiger charge is 2.41. The molecule has 0 saturated heterocycles. The van der Waals surface area contributed by atoms with Gasteiger partial charge in [0, 0.05) is 12.1 Å². The molecule has 0 atom stereocenters. The lowest BCUT2D eigenvalue weighted by Gasteiger charge is -2.31. The molecule has 0 unspecified atom stereocenters. The Morgan fingerprint density at radius 3 is 2.33 bits per heavy atom. The van der Waals surface area contributed by atoms with E-state index in [9.17, 15) is 18.0 Å². The van der Waals surface area contributed by atoms with Crippen LogP contribution < -0.4 is 4.74 Å². The molecule has 0 radical (unpaired) electrons. The molecule has 0 aromatic heterocycles. The number of rotatable bonds is 6. The fourth-order valence-corrected chi connectivity index (χ4v) is 4.67. The highest BCUT2D eigenvalue weighted by molar-refractivity contribution is 7.89. The lowest BCUT2D eigenvalue weighted by molar-refractivity contribution is -0.139. The van der Waals surface area contributed by atoms with Crippen LogP contribution in [0.25, 0.3) is 5.76 Å². The Hall–Kier alpha value is -3.33. The predicted octanol–water partition coefficient (Wildman–Crippen LogP) is 2.48. The van der Waals surface area contributed by atoms with Gasteiger partial charge in [0.2, 0.25) is 0 Å². The van der Waals surface area contributed by atoms with Gasteiger partial charge in [-0.15, -0.1) is 0 Å². The number of likely N-dealkylation sites (N-methyl/N-ethyl adjacent to an activating group) is 1. The topological polar surface area (TPSA) is 99.2 Å². The number of carbonyl (C=O) groups excluding carboxylic acids is 2. The van der Waals surface area contributed by atoms with Gasteiger partial charge in [-0.25, -0.2) is 18.0 Å². The molecule has 1 aliphatic heterocycles. The van der Waals surface area contributed by atoms with Crippen molar-refractivity contribution in [2.75, 3.05) is 20.3 Å². The Morgan fingerprint density at radius 2 is 1.70 bits per heavy atom. The lowest BCUT2D eigenvalue weighted by Crippen LogP contribution is -2.39. The van der Waals surface area contributed by atoms with Gasteiger partial charge in [0.05, 0.1) is 12.0 Å². The van der Waals surface area contributed by atoms with Gasteiger partial charge < -0.3 is 14.2 Å². The maximum Gasteiger partial charge on any atom is 0.359 e. The summed E-state index contributed by atoms with van der Waals surface area (Å²) in [5.74, 6) is -1.44. The van der Waals surface area contributed by atoms with Crippen LogP contribution in [-0.4, -0.2) is 44.9 Å². The van der Waals surface area contributed by atoms with Crippen molar-refractivity contribution in [2.45, 2.75) is 18.7 Å². The number of benzene rings is 2. The maximum absolute atomic E-state index is 13.0. The quantitative estimate of drug-likeness (QED) is 0.648. The predicted molar refractivity (Wildman–Crippen MR) is 108 cm³/mol.